The number of nitrogens with zero attached hydrogens (tertiary/aromatic N) is 3. The van der Waals surface area contributed by atoms with Gasteiger partial charge in [0.2, 0.25) is 5.91 Å². The molecule has 0 bridgehead atoms. The molecule has 35 heavy (non-hydrogen) atoms. The zero-order chi connectivity index (χ0) is 24.0. The minimum absolute atomic E-state index is 0.0147. The van der Waals surface area contributed by atoms with E-state index in [-0.39, 0.29) is 23.1 Å². The van der Waals surface area contributed by atoms with Crippen LogP contribution in [0.3, 0.4) is 0 Å². The Morgan fingerprint density at radius 2 is 1.74 bits per heavy atom. The van der Waals surface area contributed by atoms with Gasteiger partial charge in [-0.05, 0) is 54.5 Å². The number of carbonyl (C=O) groups is 2. The Bertz CT molecular complexity index is 1360. The van der Waals surface area contributed by atoms with Crippen LogP contribution >= 0.6 is 11.3 Å². The molecule has 1 atom stereocenters. The topological polar surface area (TPSA) is 69.3 Å². The van der Waals surface area contributed by atoms with Gasteiger partial charge >= 0.3 is 0 Å². The summed E-state index contributed by atoms with van der Waals surface area (Å²) in [6, 6.07) is 20.3. The lowest BCUT2D eigenvalue weighted by Gasteiger charge is -2.54. The number of amides is 2. The molecule has 1 unspecified atom stereocenters. The van der Waals surface area contributed by atoms with Crippen LogP contribution in [-0.2, 0) is 4.79 Å². The fourth-order valence-electron chi connectivity index (χ4n) is 5.50. The highest BCUT2D eigenvalue weighted by Gasteiger charge is 2.48. The quantitative estimate of drug-likeness (QED) is 0.435. The molecule has 2 aromatic heterocycles. The van der Waals surface area contributed by atoms with E-state index in [9.17, 15) is 9.59 Å². The van der Waals surface area contributed by atoms with Crippen LogP contribution in [0, 0.1) is 5.41 Å². The third-order valence-electron chi connectivity index (χ3n) is 7.69. The van der Waals surface area contributed by atoms with E-state index in [1.807, 2.05) is 64.6 Å². The van der Waals surface area contributed by atoms with Crippen molar-refractivity contribution >= 4 is 34.1 Å². The number of rotatable bonds is 4. The Kier molecular flexibility index (Phi) is 5.44. The molecule has 2 saturated heterocycles. The van der Waals surface area contributed by atoms with Gasteiger partial charge < -0.3 is 9.80 Å². The van der Waals surface area contributed by atoms with Crippen LogP contribution in [0.1, 0.15) is 41.0 Å². The van der Waals surface area contributed by atoms with Gasteiger partial charge in [0.05, 0.1) is 11.4 Å². The van der Waals surface area contributed by atoms with Crippen molar-refractivity contribution in [3.05, 3.63) is 76.6 Å². The van der Waals surface area contributed by atoms with Gasteiger partial charge in [0, 0.05) is 41.9 Å². The molecule has 4 heterocycles. The smallest absolute Gasteiger partial charge is 0.275 e. The predicted molar refractivity (Wildman–Crippen MR) is 138 cm³/mol. The molecule has 1 N–H and O–H groups in total. The van der Waals surface area contributed by atoms with Crippen molar-refractivity contribution in [2.45, 2.75) is 25.7 Å². The number of piperidine rings is 1. The number of nitrogens with one attached hydrogen (secondary N) is 1. The molecule has 2 aromatic carbocycles. The van der Waals surface area contributed by atoms with Crippen molar-refractivity contribution in [1.82, 2.24) is 20.0 Å². The molecule has 6 nitrogen and oxygen atoms in total. The molecule has 2 fully saturated rings. The van der Waals surface area contributed by atoms with Crippen LogP contribution < -0.4 is 0 Å². The predicted octanol–water partition coefficient (Wildman–Crippen LogP) is 5.16. The highest BCUT2D eigenvalue weighted by atomic mass is 32.1. The average molecular weight is 485 g/mol. The van der Waals surface area contributed by atoms with E-state index in [0.717, 1.165) is 65.9 Å². The second-order valence-electron chi connectivity index (χ2n) is 9.92. The number of aromatic nitrogens is 2. The van der Waals surface area contributed by atoms with Gasteiger partial charge in [-0.25, -0.2) is 0 Å². The number of H-pyrrole nitrogens is 1. The second kappa shape index (κ2) is 8.64. The standard InChI is InChI=1S/C28H28N4O2S/c1-19(24-8-5-15-35-24)26(33)31-13-11-28(12-14-31)17-32(18-28)27(34)25-22-10-9-21(16-23(22)29-30-25)20-6-3-2-4-7-20/h2-10,15-16,19H,11-14,17-18H2,1H3,(H,29,30). The molecular formula is C28H28N4O2S. The maximum absolute atomic E-state index is 13.3. The van der Waals surface area contributed by atoms with Gasteiger partial charge in [-0.1, -0.05) is 42.5 Å². The summed E-state index contributed by atoms with van der Waals surface area (Å²) >= 11 is 1.64. The first-order valence-electron chi connectivity index (χ1n) is 12.2. The zero-order valence-corrected chi connectivity index (χ0v) is 20.6. The number of hydrogen-bond acceptors (Lipinski definition) is 4. The van der Waals surface area contributed by atoms with Crippen LogP contribution in [0.2, 0.25) is 0 Å². The Morgan fingerprint density at radius 1 is 0.971 bits per heavy atom. The van der Waals surface area contributed by atoms with Crippen LogP contribution in [-0.4, -0.2) is 58.0 Å². The van der Waals surface area contributed by atoms with E-state index in [1.54, 1.807) is 11.3 Å². The van der Waals surface area contributed by atoms with Crippen LogP contribution in [0.25, 0.3) is 22.0 Å². The minimum atomic E-state index is -0.0844. The van der Waals surface area contributed by atoms with Crippen molar-refractivity contribution in [2.24, 2.45) is 5.41 Å². The van der Waals surface area contributed by atoms with E-state index >= 15 is 0 Å². The number of thiophene rings is 1. The van der Waals surface area contributed by atoms with Crippen LogP contribution in [0.15, 0.2) is 66.0 Å². The fraction of sp³-hybridized carbons (Fsp3) is 0.321. The Balaban J connectivity index is 1.09. The molecular weight excluding hydrogens is 456 g/mol. The minimum Gasteiger partial charge on any atom is -0.342 e. The van der Waals surface area contributed by atoms with Crippen LogP contribution in [0.4, 0.5) is 0 Å². The Hall–Kier alpha value is -3.45. The van der Waals surface area contributed by atoms with E-state index in [1.165, 1.54) is 0 Å². The van der Waals surface area contributed by atoms with E-state index in [0.29, 0.717) is 5.69 Å². The molecule has 0 radical (unpaired) electrons. The van der Waals surface area contributed by atoms with Gasteiger partial charge in [-0.3, -0.25) is 14.7 Å². The lowest BCUT2D eigenvalue weighted by Crippen LogP contribution is -2.62. The SMILES string of the molecule is CC(C(=O)N1CCC2(CC1)CN(C(=O)c1n[nH]c3cc(-c4ccccc4)ccc13)C2)c1cccs1. The molecule has 2 aliphatic heterocycles. The van der Waals surface area contributed by atoms with Crippen molar-refractivity contribution in [3.8, 4) is 11.1 Å². The molecule has 4 aromatic rings. The van der Waals surface area contributed by atoms with E-state index < -0.39 is 0 Å². The van der Waals surface area contributed by atoms with Crippen molar-refractivity contribution in [3.63, 3.8) is 0 Å². The first-order chi connectivity index (χ1) is 17.0. The monoisotopic (exact) mass is 484 g/mol. The van der Waals surface area contributed by atoms with Gasteiger partial charge in [0.15, 0.2) is 5.69 Å². The molecule has 2 amide bonds. The number of carbonyl (C=O) groups excluding carboxylic acids is 2. The molecule has 1 spiro atoms. The zero-order valence-electron chi connectivity index (χ0n) is 19.7. The van der Waals surface area contributed by atoms with Gasteiger partial charge in [-0.15, -0.1) is 11.3 Å². The largest absolute Gasteiger partial charge is 0.342 e. The van der Waals surface area contributed by atoms with Crippen molar-refractivity contribution in [2.75, 3.05) is 26.2 Å². The highest BCUT2D eigenvalue weighted by molar-refractivity contribution is 7.10. The maximum Gasteiger partial charge on any atom is 0.275 e. The number of benzene rings is 2. The number of aromatic amines is 1. The first kappa shape index (κ1) is 22.0. The summed E-state index contributed by atoms with van der Waals surface area (Å²) in [4.78, 5) is 31.2. The normalized spacial score (nSPS) is 18.0. The molecule has 2 aliphatic rings. The Labute approximate surface area is 208 Å². The molecule has 0 aliphatic carbocycles. The summed E-state index contributed by atoms with van der Waals surface area (Å²) in [6.45, 7) is 5.02. The number of hydrogen-bond donors (Lipinski definition) is 1. The van der Waals surface area contributed by atoms with Gasteiger partial charge in [-0.2, -0.15) is 5.10 Å². The third-order valence-corrected chi connectivity index (χ3v) is 8.74. The average Bonchev–Trinajstić information content (AvgIpc) is 3.57. The molecule has 7 heteroatoms. The summed E-state index contributed by atoms with van der Waals surface area (Å²) in [7, 11) is 0. The van der Waals surface area contributed by atoms with Gasteiger partial charge in [0.1, 0.15) is 0 Å². The number of fused-ring (bicyclic) bond motifs is 1. The van der Waals surface area contributed by atoms with Gasteiger partial charge in [0.25, 0.3) is 5.91 Å². The lowest BCUT2D eigenvalue weighted by atomic mass is 9.71. The van der Waals surface area contributed by atoms with Crippen LogP contribution in [0.5, 0.6) is 0 Å². The maximum atomic E-state index is 13.3. The summed E-state index contributed by atoms with van der Waals surface area (Å²) in [5.41, 5.74) is 3.73. The fourth-order valence-corrected chi connectivity index (χ4v) is 6.28. The molecule has 0 saturated carbocycles. The summed E-state index contributed by atoms with van der Waals surface area (Å²) < 4.78 is 0. The summed E-state index contributed by atoms with van der Waals surface area (Å²) in [6.07, 6.45) is 1.89. The lowest BCUT2D eigenvalue weighted by molar-refractivity contribution is -0.136. The Morgan fingerprint density at radius 3 is 2.46 bits per heavy atom. The third kappa shape index (κ3) is 3.93. The first-order valence-corrected chi connectivity index (χ1v) is 13.1. The molecule has 6 rings (SSSR count). The summed E-state index contributed by atoms with van der Waals surface area (Å²) in [5, 5.41) is 10.3. The second-order valence-corrected chi connectivity index (χ2v) is 10.9. The summed E-state index contributed by atoms with van der Waals surface area (Å²) in [5.74, 6) is 0.116. The van der Waals surface area contributed by atoms with Crippen molar-refractivity contribution in [1.29, 1.82) is 0 Å². The van der Waals surface area contributed by atoms with E-state index in [4.69, 9.17) is 0 Å². The highest BCUT2D eigenvalue weighted by Crippen LogP contribution is 2.42. The number of likely N-dealkylation sites (tertiary alicyclic amines) is 2. The molecule has 178 valence electrons. The van der Waals surface area contributed by atoms with Crippen molar-refractivity contribution < 1.29 is 9.59 Å². The van der Waals surface area contributed by atoms with E-state index in [2.05, 4.69) is 28.4 Å².